The summed E-state index contributed by atoms with van der Waals surface area (Å²) in [4.78, 5) is 0. The summed E-state index contributed by atoms with van der Waals surface area (Å²) < 4.78 is 5.56. The molecule has 1 rings (SSSR count). The normalized spacial score (nSPS) is 12.7. The lowest BCUT2D eigenvalue weighted by atomic mass is 9.73. The summed E-state index contributed by atoms with van der Waals surface area (Å²) in [7, 11) is 1.76. The molecule has 0 aliphatic heterocycles. The Morgan fingerprint density at radius 3 is 1.65 bits per heavy atom. The van der Waals surface area contributed by atoms with Crippen molar-refractivity contribution in [1.29, 1.82) is 0 Å². The van der Waals surface area contributed by atoms with Gasteiger partial charge in [0.2, 0.25) is 0 Å². The molecule has 1 nitrogen and oxygen atoms in total. The third-order valence-corrected chi connectivity index (χ3v) is 3.10. The van der Waals surface area contributed by atoms with Gasteiger partial charge >= 0.3 is 0 Å². The minimum Gasteiger partial charge on any atom is -0.496 e. The van der Waals surface area contributed by atoms with Gasteiger partial charge in [0.05, 0.1) is 7.11 Å². The van der Waals surface area contributed by atoms with E-state index in [1.807, 2.05) is 0 Å². The van der Waals surface area contributed by atoms with Crippen molar-refractivity contribution in [3.05, 3.63) is 28.8 Å². The first-order valence-electron chi connectivity index (χ1n) is 6.27. The van der Waals surface area contributed by atoms with Crippen molar-refractivity contribution in [2.45, 2.75) is 59.3 Å². The molecule has 1 heteroatoms. The molecule has 0 unspecified atom stereocenters. The number of rotatable bonds is 1. The highest BCUT2D eigenvalue weighted by molar-refractivity contribution is 5.51. The summed E-state index contributed by atoms with van der Waals surface area (Å²) in [6.45, 7) is 15.7. The third kappa shape index (κ3) is 2.83. The lowest BCUT2D eigenvalue weighted by Crippen LogP contribution is -2.24. The van der Waals surface area contributed by atoms with Crippen molar-refractivity contribution in [3.63, 3.8) is 0 Å². The second kappa shape index (κ2) is 4.36. The number of hydrogen-bond acceptors (Lipinski definition) is 1. The molecule has 0 saturated carbocycles. The van der Waals surface area contributed by atoms with Gasteiger partial charge in [-0.2, -0.15) is 0 Å². The van der Waals surface area contributed by atoms with Gasteiger partial charge in [-0.3, -0.25) is 0 Å². The molecule has 0 atom stereocenters. The van der Waals surface area contributed by atoms with E-state index in [0.29, 0.717) is 0 Å². The number of methoxy groups -OCH3 is 1. The van der Waals surface area contributed by atoms with Crippen LogP contribution in [0.4, 0.5) is 0 Å². The first-order valence-corrected chi connectivity index (χ1v) is 6.27. The zero-order chi connectivity index (χ0) is 13.4. The van der Waals surface area contributed by atoms with Crippen LogP contribution in [0.25, 0.3) is 0 Å². The maximum atomic E-state index is 5.56. The summed E-state index contributed by atoms with van der Waals surface area (Å²) in [6.07, 6.45) is 0. The summed E-state index contributed by atoms with van der Waals surface area (Å²) >= 11 is 0. The van der Waals surface area contributed by atoms with Gasteiger partial charge in [0.25, 0.3) is 0 Å². The van der Waals surface area contributed by atoms with Gasteiger partial charge in [-0.15, -0.1) is 0 Å². The fourth-order valence-corrected chi connectivity index (χ4v) is 2.57. The highest BCUT2D eigenvalue weighted by atomic mass is 16.5. The average molecular weight is 234 g/mol. The highest BCUT2D eigenvalue weighted by Gasteiger charge is 2.29. The molecular formula is C16H26O. The molecule has 0 aliphatic rings. The predicted octanol–water partition coefficient (Wildman–Crippen LogP) is 4.60. The fourth-order valence-electron chi connectivity index (χ4n) is 2.57. The molecule has 0 amide bonds. The predicted molar refractivity (Wildman–Crippen MR) is 75.1 cm³/mol. The quantitative estimate of drug-likeness (QED) is 0.690. The second-order valence-corrected chi connectivity index (χ2v) is 6.83. The molecule has 0 spiro atoms. The van der Waals surface area contributed by atoms with Gasteiger partial charge in [-0.25, -0.2) is 0 Å². The Morgan fingerprint density at radius 2 is 1.29 bits per heavy atom. The first-order chi connectivity index (χ1) is 7.59. The van der Waals surface area contributed by atoms with Crippen LogP contribution < -0.4 is 4.74 Å². The number of aryl methyl sites for hydroxylation is 1. The van der Waals surface area contributed by atoms with E-state index in [9.17, 15) is 0 Å². The third-order valence-electron chi connectivity index (χ3n) is 3.10. The summed E-state index contributed by atoms with van der Waals surface area (Å²) in [5.74, 6) is 1.01. The Morgan fingerprint density at radius 1 is 0.824 bits per heavy atom. The Hall–Kier alpha value is -0.980. The lowest BCUT2D eigenvalue weighted by molar-refractivity contribution is 0.391. The van der Waals surface area contributed by atoms with Gasteiger partial charge in [-0.1, -0.05) is 47.6 Å². The van der Waals surface area contributed by atoms with E-state index in [0.717, 1.165) is 5.75 Å². The summed E-state index contributed by atoms with van der Waals surface area (Å²) in [5, 5.41) is 0. The van der Waals surface area contributed by atoms with Crippen LogP contribution in [0.15, 0.2) is 12.1 Å². The minimum absolute atomic E-state index is 0.0972. The van der Waals surface area contributed by atoms with Gasteiger partial charge in [-0.05, 0) is 34.9 Å². The Labute approximate surface area is 106 Å². The molecule has 96 valence electrons. The van der Waals surface area contributed by atoms with E-state index in [2.05, 4.69) is 60.6 Å². The van der Waals surface area contributed by atoms with E-state index in [-0.39, 0.29) is 10.8 Å². The van der Waals surface area contributed by atoms with Gasteiger partial charge in [0.1, 0.15) is 5.75 Å². The first kappa shape index (κ1) is 14.1. The van der Waals surface area contributed by atoms with Crippen molar-refractivity contribution >= 4 is 0 Å². The number of hydrogen-bond donors (Lipinski definition) is 0. The monoisotopic (exact) mass is 234 g/mol. The zero-order valence-electron chi connectivity index (χ0n) is 12.6. The van der Waals surface area contributed by atoms with Crippen molar-refractivity contribution < 1.29 is 4.74 Å². The van der Waals surface area contributed by atoms with Crippen LogP contribution in [0.1, 0.15) is 58.2 Å². The molecule has 1 aromatic rings. The van der Waals surface area contributed by atoms with Crippen molar-refractivity contribution in [3.8, 4) is 5.75 Å². The summed E-state index contributed by atoms with van der Waals surface area (Å²) in [5.41, 5.74) is 4.35. The lowest BCUT2D eigenvalue weighted by Gasteiger charge is -2.33. The Balaban J connectivity index is 3.67. The maximum absolute atomic E-state index is 5.56. The zero-order valence-corrected chi connectivity index (χ0v) is 12.6. The van der Waals surface area contributed by atoms with E-state index in [1.165, 1.54) is 16.7 Å². The summed E-state index contributed by atoms with van der Waals surface area (Å²) in [6, 6.07) is 4.25. The molecule has 0 saturated heterocycles. The van der Waals surface area contributed by atoms with Crippen LogP contribution >= 0.6 is 0 Å². The molecule has 0 N–H and O–H groups in total. The second-order valence-electron chi connectivity index (χ2n) is 6.83. The molecule has 17 heavy (non-hydrogen) atoms. The van der Waals surface area contributed by atoms with Crippen LogP contribution in [-0.2, 0) is 10.8 Å². The van der Waals surface area contributed by atoms with Gasteiger partial charge in [0.15, 0.2) is 0 Å². The molecular weight excluding hydrogens is 208 g/mol. The van der Waals surface area contributed by atoms with Crippen LogP contribution in [0.5, 0.6) is 5.75 Å². The van der Waals surface area contributed by atoms with E-state index >= 15 is 0 Å². The van der Waals surface area contributed by atoms with Crippen molar-refractivity contribution in [2.75, 3.05) is 7.11 Å². The fraction of sp³-hybridized carbons (Fsp3) is 0.625. The standard InChI is InChI=1S/C16H26O/c1-11-9-10-12(17-8)14(16(5,6)7)13(11)15(2,3)4/h9-10H,1-8H3. The molecule has 0 aromatic heterocycles. The van der Waals surface area contributed by atoms with E-state index in [1.54, 1.807) is 7.11 Å². The van der Waals surface area contributed by atoms with Gasteiger partial charge in [0, 0.05) is 5.56 Å². The van der Waals surface area contributed by atoms with Crippen molar-refractivity contribution in [2.24, 2.45) is 0 Å². The molecule has 0 heterocycles. The molecule has 0 bridgehead atoms. The van der Waals surface area contributed by atoms with Gasteiger partial charge < -0.3 is 4.74 Å². The van der Waals surface area contributed by atoms with Crippen molar-refractivity contribution in [1.82, 2.24) is 0 Å². The molecule has 0 radical (unpaired) electrons. The van der Waals surface area contributed by atoms with E-state index < -0.39 is 0 Å². The Kier molecular flexibility index (Phi) is 3.61. The average Bonchev–Trinajstić information content (AvgIpc) is 2.13. The minimum atomic E-state index is 0.0972. The number of benzene rings is 1. The molecule has 0 aliphatic carbocycles. The molecule has 0 fully saturated rings. The maximum Gasteiger partial charge on any atom is 0.122 e. The highest BCUT2D eigenvalue weighted by Crippen LogP contribution is 2.41. The smallest absolute Gasteiger partial charge is 0.122 e. The SMILES string of the molecule is COc1ccc(C)c(C(C)(C)C)c1C(C)(C)C. The molecule has 1 aromatic carbocycles. The Bertz CT molecular complexity index is 403. The number of ether oxygens (including phenoxy) is 1. The largest absolute Gasteiger partial charge is 0.496 e. The topological polar surface area (TPSA) is 9.23 Å². The van der Waals surface area contributed by atoms with E-state index in [4.69, 9.17) is 4.74 Å². The van der Waals surface area contributed by atoms with Crippen LogP contribution in [0.3, 0.4) is 0 Å². The van der Waals surface area contributed by atoms with Crippen LogP contribution in [-0.4, -0.2) is 7.11 Å². The van der Waals surface area contributed by atoms with Crippen LogP contribution in [0, 0.1) is 6.92 Å². The van der Waals surface area contributed by atoms with Crippen LogP contribution in [0.2, 0.25) is 0 Å².